The number of nitrogens with zero attached hydrogens (tertiary/aromatic N) is 2. The monoisotopic (exact) mass is 330 g/mol. The molecule has 2 aromatic heterocycles. The van der Waals surface area contributed by atoms with Crippen LogP contribution in [0.1, 0.15) is 16.1 Å². The smallest absolute Gasteiger partial charge is 0.352 e. The zero-order valence-corrected chi connectivity index (χ0v) is 12.0. The highest BCUT2D eigenvalue weighted by atomic mass is 79.9. The quantitative estimate of drug-likeness (QED) is 0.799. The molecule has 0 saturated heterocycles. The minimum Gasteiger partial charge on any atom is -0.477 e. The first-order valence-corrected chi connectivity index (χ1v) is 6.85. The standard InChI is InChI=1S/C15H11BrN2O2/c16-12-5-10(7-17-8-12)9-18-13-4-2-1-3-11(13)6-14(18)15(19)20/h1-8H,9H2,(H,19,20). The zero-order valence-electron chi connectivity index (χ0n) is 10.5. The van der Waals surface area contributed by atoms with Crippen LogP contribution in [0.25, 0.3) is 10.9 Å². The van der Waals surface area contributed by atoms with E-state index in [9.17, 15) is 9.90 Å². The van der Waals surface area contributed by atoms with Crippen molar-refractivity contribution in [3.63, 3.8) is 0 Å². The second kappa shape index (κ2) is 5.09. The Labute approximate surface area is 123 Å². The molecule has 0 atom stereocenters. The van der Waals surface area contributed by atoms with Crippen LogP contribution in [0.15, 0.2) is 53.3 Å². The van der Waals surface area contributed by atoms with Gasteiger partial charge in [0.1, 0.15) is 5.69 Å². The summed E-state index contributed by atoms with van der Waals surface area (Å²) < 4.78 is 2.67. The second-order valence-electron chi connectivity index (χ2n) is 4.49. The molecule has 0 amide bonds. The van der Waals surface area contributed by atoms with E-state index in [1.54, 1.807) is 23.0 Å². The van der Waals surface area contributed by atoms with E-state index in [0.29, 0.717) is 6.54 Å². The van der Waals surface area contributed by atoms with Gasteiger partial charge in [-0.15, -0.1) is 0 Å². The maximum absolute atomic E-state index is 11.4. The first kappa shape index (κ1) is 12.9. The van der Waals surface area contributed by atoms with Crippen molar-refractivity contribution in [1.82, 2.24) is 9.55 Å². The molecule has 2 heterocycles. The number of carboxylic acids is 1. The van der Waals surface area contributed by atoms with Gasteiger partial charge in [-0.05, 0) is 39.7 Å². The summed E-state index contributed by atoms with van der Waals surface area (Å²) in [4.78, 5) is 15.5. The summed E-state index contributed by atoms with van der Waals surface area (Å²) in [5, 5.41) is 10.3. The average Bonchev–Trinajstić information content (AvgIpc) is 2.78. The van der Waals surface area contributed by atoms with E-state index < -0.39 is 5.97 Å². The molecule has 0 aliphatic carbocycles. The van der Waals surface area contributed by atoms with Gasteiger partial charge >= 0.3 is 5.97 Å². The van der Waals surface area contributed by atoms with Gasteiger partial charge in [-0.1, -0.05) is 18.2 Å². The van der Waals surface area contributed by atoms with Gasteiger partial charge in [0.2, 0.25) is 0 Å². The van der Waals surface area contributed by atoms with Gasteiger partial charge in [0, 0.05) is 34.3 Å². The molecule has 1 N–H and O–H groups in total. The van der Waals surface area contributed by atoms with Crippen molar-refractivity contribution >= 4 is 32.8 Å². The van der Waals surface area contributed by atoms with E-state index in [4.69, 9.17) is 0 Å². The van der Waals surface area contributed by atoms with Crippen LogP contribution in [0, 0.1) is 0 Å². The predicted octanol–water partition coefficient (Wildman–Crippen LogP) is 3.55. The summed E-state index contributed by atoms with van der Waals surface area (Å²) in [6.07, 6.45) is 3.44. The highest BCUT2D eigenvalue weighted by molar-refractivity contribution is 9.10. The Bertz CT molecular complexity index is 795. The Morgan fingerprint density at radius 3 is 2.80 bits per heavy atom. The van der Waals surface area contributed by atoms with Crippen LogP contribution in [0.5, 0.6) is 0 Å². The molecule has 0 fully saturated rings. The molecule has 3 rings (SSSR count). The van der Waals surface area contributed by atoms with Crippen molar-refractivity contribution in [1.29, 1.82) is 0 Å². The number of pyridine rings is 1. The second-order valence-corrected chi connectivity index (χ2v) is 5.41. The van der Waals surface area contributed by atoms with E-state index in [1.807, 2.05) is 30.3 Å². The molecule has 0 radical (unpaired) electrons. The molecule has 4 nitrogen and oxygen atoms in total. The summed E-state index contributed by atoms with van der Waals surface area (Å²) in [7, 11) is 0. The van der Waals surface area contributed by atoms with Crippen LogP contribution in [0.4, 0.5) is 0 Å². The van der Waals surface area contributed by atoms with Crippen LogP contribution < -0.4 is 0 Å². The van der Waals surface area contributed by atoms with Crippen molar-refractivity contribution in [2.24, 2.45) is 0 Å². The molecule has 3 aromatic rings. The fourth-order valence-electron chi connectivity index (χ4n) is 2.28. The number of hydrogen-bond donors (Lipinski definition) is 1. The highest BCUT2D eigenvalue weighted by Crippen LogP contribution is 2.22. The lowest BCUT2D eigenvalue weighted by Gasteiger charge is -2.08. The van der Waals surface area contributed by atoms with Gasteiger partial charge in [0.25, 0.3) is 0 Å². The third-order valence-electron chi connectivity index (χ3n) is 3.13. The van der Waals surface area contributed by atoms with Crippen LogP contribution in [0.2, 0.25) is 0 Å². The van der Waals surface area contributed by atoms with Crippen molar-refractivity contribution < 1.29 is 9.90 Å². The summed E-state index contributed by atoms with van der Waals surface area (Å²) in [6.45, 7) is 0.474. The van der Waals surface area contributed by atoms with Crippen molar-refractivity contribution in [2.75, 3.05) is 0 Å². The summed E-state index contributed by atoms with van der Waals surface area (Å²) in [5.74, 6) is -0.927. The molecule has 0 bridgehead atoms. The number of benzene rings is 1. The van der Waals surface area contributed by atoms with E-state index in [0.717, 1.165) is 20.9 Å². The van der Waals surface area contributed by atoms with Gasteiger partial charge in [0.05, 0.1) is 0 Å². The third-order valence-corrected chi connectivity index (χ3v) is 3.57. The van der Waals surface area contributed by atoms with Gasteiger partial charge < -0.3 is 9.67 Å². The Hall–Kier alpha value is -2.14. The van der Waals surface area contributed by atoms with Crippen molar-refractivity contribution in [3.05, 3.63) is 64.5 Å². The van der Waals surface area contributed by atoms with Crippen molar-refractivity contribution in [3.8, 4) is 0 Å². The van der Waals surface area contributed by atoms with Crippen LogP contribution in [-0.4, -0.2) is 20.6 Å². The molecule has 100 valence electrons. The molecule has 0 unspecified atom stereocenters. The molecule has 5 heteroatoms. The first-order valence-electron chi connectivity index (χ1n) is 6.06. The number of para-hydroxylation sites is 1. The lowest BCUT2D eigenvalue weighted by atomic mass is 10.2. The molecule has 0 spiro atoms. The highest BCUT2D eigenvalue weighted by Gasteiger charge is 2.14. The molecular formula is C15H11BrN2O2. The number of aromatic nitrogens is 2. The minimum absolute atomic E-state index is 0.283. The third kappa shape index (κ3) is 2.32. The average molecular weight is 331 g/mol. The number of fused-ring (bicyclic) bond motifs is 1. The first-order chi connectivity index (χ1) is 9.65. The maximum atomic E-state index is 11.4. The van der Waals surface area contributed by atoms with Crippen LogP contribution in [-0.2, 0) is 6.54 Å². The predicted molar refractivity (Wildman–Crippen MR) is 79.9 cm³/mol. The van der Waals surface area contributed by atoms with Crippen molar-refractivity contribution in [2.45, 2.75) is 6.54 Å². The largest absolute Gasteiger partial charge is 0.477 e. The SMILES string of the molecule is O=C(O)c1cc2ccccc2n1Cc1cncc(Br)c1. The maximum Gasteiger partial charge on any atom is 0.352 e. The van der Waals surface area contributed by atoms with E-state index in [-0.39, 0.29) is 5.69 Å². The molecule has 0 aliphatic rings. The van der Waals surface area contributed by atoms with Gasteiger partial charge in [0.15, 0.2) is 0 Å². The number of halogens is 1. The normalized spacial score (nSPS) is 10.8. The molecule has 0 aliphatic heterocycles. The lowest BCUT2D eigenvalue weighted by Crippen LogP contribution is -2.09. The molecule has 1 aromatic carbocycles. The zero-order chi connectivity index (χ0) is 14.1. The summed E-state index contributed by atoms with van der Waals surface area (Å²) in [5.41, 5.74) is 2.14. The van der Waals surface area contributed by atoms with Gasteiger partial charge in [-0.25, -0.2) is 4.79 Å². The van der Waals surface area contributed by atoms with Gasteiger partial charge in [-0.2, -0.15) is 0 Å². The molecular weight excluding hydrogens is 320 g/mol. The van der Waals surface area contributed by atoms with E-state index in [1.165, 1.54) is 0 Å². The van der Waals surface area contributed by atoms with Crippen LogP contribution >= 0.6 is 15.9 Å². The Kier molecular flexibility index (Phi) is 3.28. The summed E-state index contributed by atoms with van der Waals surface area (Å²) in [6, 6.07) is 11.3. The van der Waals surface area contributed by atoms with Crippen LogP contribution in [0.3, 0.4) is 0 Å². The Balaban J connectivity index is 2.14. The van der Waals surface area contributed by atoms with Gasteiger partial charge in [-0.3, -0.25) is 4.98 Å². The fraction of sp³-hybridized carbons (Fsp3) is 0.0667. The Morgan fingerprint density at radius 1 is 1.25 bits per heavy atom. The summed E-state index contributed by atoms with van der Waals surface area (Å²) >= 11 is 3.38. The Morgan fingerprint density at radius 2 is 2.05 bits per heavy atom. The molecule has 0 saturated carbocycles. The fourth-order valence-corrected chi connectivity index (χ4v) is 2.70. The lowest BCUT2D eigenvalue weighted by molar-refractivity contribution is 0.0686. The number of aromatic carboxylic acids is 1. The number of carboxylic acid groups (broad SMARTS) is 1. The topological polar surface area (TPSA) is 55.1 Å². The van der Waals surface area contributed by atoms with E-state index in [2.05, 4.69) is 20.9 Å². The molecule has 20 heavy (non-hydrogen) atoms. The minimum atomic E-state index is -0.927. The van der Waals surface area contributed by atoms with E-state index >= 15 is 0 Å². The number of hydrogen-bond acceptors (Lipinski definition) is 2. The number of carbonyl (C=O) groups is 1. The number of rotatable bonds is 3.